The molecule has 140 valence electrons. The number of anilines is 1. The van der Waals surface area contributed by atoms with E-state index in [2.05, 4.69) is 6.92 Å². The average Bonchev–Trinajstić information content (AvgIpc) is 2.66. The number of Topliss-reactive ketones (excluding diaryl/α,β-unsaturated/α-hetero) is 1. The lowest BCUT2D eigenvalue weighted by atomic mass is 9.98. The summed E-state index contributed by atoms with van der Waals surface area (Å²) in [7, 11) is 0. The molecule has 1 aromatic rings. The summed E-state index contributed by atoms with van der Waals surface area (Å²) < 4.78 is 5.49. The number of carbonyl (C=O) groups is 3. The zero-order chi connectivity index (χ0) is 18.8. The monoisotopic (exact) mass is 358 g/mol. The number of ether oxygens (including phenoxy) is 1. The first-order valence-electron chi connectivity index (χ1n) is 9.34. The molecule has 2 heterocycles. The second kappa shape index (κ2) is 7.48. The molecule has 3 rings (SSSR count). The van der Waals surface area contributed by atoms with E-state index >= 15 is 0 Å². The first-order chi connectivity index (χ1) is 12.4. The quantitative estimate of drug-likeness (QED) is 0.776. The normalized spacial score (nSPS) is 21.0. The molecular weight excluding hydrogens is 332 g/mol. The summed E-state index contributed by atoms with van der Waals surface area (Å²) in [5.41, 5.74) is 0.996. The Hall–Kier alpha value is -2.37. The van der Waals surface area contributed by atoms with Crippen molar-refractivity contribution >= 4 is 23.3 Å². The SMILES string of the molecule is CCC1CCCCN1C(=O)C(C)N1C(=O)COc2ccc(C(C)=O)cc21. The molecule has 26 heavy (non-hydrogen) atoms. The van der Waals surface area contributed by atoms with Crippen molar-refractivity contribution < 1.29 is 19.1 Å². The minimum atomic E-state index is -0.625. The molecule has 6 nitrogen and oxygen atoms in total. The van der Waals surface area contributed by atoms with Crippen LogP contribution in [0.1, 0.15) is 56.8 Å². The number of fused-ring (bicyclic) bond motifs is 1. The van der Waals surface area contributed by atoms with E-state index in [4.69, 9.17) is 4.74 Å². The van der Waals surface area contributed by atoms with Crippen LogP contribution in [0.4, 0.5) is 5.69 Å². The predicted molar refractivity (Wildman–Crippen MR) is 98.5 cm³/mol. The van der Waals surface area contributed by atoms with Crippen LogP contribution in [-0.2, 0) is 9.59 Å². The summed E-state index contributed by atoms with van der Waals surface area (Å²) >= 11 is 0. The highest BCUT2D eigenvalue weighted by molar-refractivity contribution is 6.05. The topological polar surface area (TPSA) is 66.9 Å². The van der Waals surface area contributed by atoms with Crippen molar-refractivity contribution in [3.8, 4) is 5.75 Å². The van der Waals surface area contributed by atoms with Crippen molar-refractivity contribution in [1.82, 2.24) is 4.90 Å². The summed E-state index contributed by atoms with van der Waals surface area (Å²) in [6, 6.07) is 4.63. The fraction of sp³-hybridized carbons (Fsp3) is 0.550. The Balaban J connectivity index is 1.92. The Kier molecular flexibility index (Phi) is 5.30. The molecule has 0 saturated carbocycles. The maximum Gasteiger partial charge on any atom is 0.265 e. The minimum Gasteiger partial charge on any atom is -0.482 e. The van der Waals surface area contributed by atoms with Gasteiger partial charge in [-0.3, -0.25) is 19.3 Å². The zero-order valence-electron chi connectivity index (χ0n) is 15.7. The Morgan fingerprint density at radius 2 is 2.08 bits per heavy atom. The molecule has 1 saturated heterocycles. The highest BCUT2D eigenvalue weighted by Gasteiger charge is 2.37. The lowest BCUT2D eigenvalue weighted by Crippen LogP contribution is -2.55. The maximum atomic E-state index is 13.2. The number of amides is 2. The Morgan fingerprint density at radius 3 is 2.77 bits per heavy atom. The Bertz CT molecular complexity index is 731. The van der Waals surface area contributed by atoms with E-state index in [1.54, 1.807) is 25.1 Å². The molecule has 0 aliphatic carbocycles. The third-order valence-electron chi connectivity index (χ3n) is 5.37. The molecular formula is C20H26N2O4. The molecule has 2 amide bonds. The molecule has 2 aliphatic rings. The van der Waals surface area contributed by atoms with E-state index in [0.29, 0.717) is 17.0 Å². The summed E-state index contributed by atoms with van der Waals surface area (Å²) in [6.45, 7) is 5.97. The Morgan fingerprint density at radius 1 is 1.31 bits per heavy atom. The number of ketones is 1. The van der Waals surface area contributed by atoms with Gasteiger partial charge in [0.05, 0.1) is 5.69 Å². The van der Waals surface area contributed by atoms with Gasteiger partial charge in [0.1, 0.15) is 11.8 Å². The highest BCUT2D eigenvalue weighted by Crippen LogP contribution is 2.35. The maximum absolute atomic E-state index is 13.2. The van der Waals surface area contributed by atoms with Gasteiger partial charge in [0.15, 0.2) is 12.4 Å². The second-order valence-corrected chi connectivity index (χ2v) is 7.06. The van der Waals surface area contributed by atoms with Crippen molar-refractivity contribution in [2.45, 2.75) is 58.5 Å². The number of piperidine rings is 1. The van der Waals surface area contributed by atoms with Crippen LogP contribution in [-0.4, -0.2) is 47.7 Å². The van der Waals surface area contributed by atoms with Crippen LogP contribution in [0.3, 0.4) is 0 Å². The van der Waals surface area contributed by atoms with Gasteiger partial charge in [-0.2, -0.15) is 0 Å². The second-order valence-electron chi connectivity index (χ2n) is 7.06. The lowest BCUT2D eigenvalue weighted by Gasteiger charge is -2.40. The fourth-order valence-electron chi connectivity index (χ4n) is 3.88. The van der Waals surface area contributed by atoms with Crippen LogP contribution in [0.5, 0.6) is 5.75 Å². The molecule has 1 aromatic carbocycles. The van der Waals surface area contributed by atoms with Gasteiger partial charge in [-0.15, -0.1) is 0 Å². The van der Waals surface area contributed by atoms with E-state index < -0.39 is 6.04 Å². The van der Waals surface area contributed by atoms with E-state index in [9.17, 15) is 14.4 Å². The predicted octanol–water partition coefficient (Wildman–Crippen LogP) is 2.79. The molecule has 1 fully saturated rings. The van der Waals surface area contributed by atoms with Gasteiger partial charge in [-0.05, 0) is 57.7 Å². The summed E-state index contributed by atoms with van der Waals surface area (Å²) in [4.78, 5) is 40.9. The highest BCUT2D eigenvalue weighted by atomic mass is 16.5. The number of rotatable bonds is 4. The van der Waals surface area contributed by atoms with Gasteiger partial charge in [0.25, 0.3) is 5.91 Å². The van der Waals surface area contributed by atoms with E-state index in [1.165, 1.54) is 11.8 Å². The summed E-state index contributed by atoms with van der Waals surface area (Å²) in [6.07, 6.45) is 4.06. The van der Waals surface area contributed by atoms with Crippen LogP contribution >= 0.6 is 0 Å². The van der Waals surface area contributed by atoms with Crippen molar-refractivity contribution in [2.24, 2.45) is 0 Å². The smallest absolute Gasteiger partial charge is 0.265 e. The Labute approximate surface area is 154 Å². The molecule has 0 radical (unpaired) electrons. The molecule has 6 heteroatoms. The fourth-order valence-corrected chi connectivity index (χ4v) is 3.88. The number of likely N-dealkylation sites (tertiary alicyclic amines) is 1. The van der Waals surface area contributed by atoms with E-state index in [0.717, 1.165) is 32.2 Å². The summed E-state index contributed by atoms with van der Waals surface area (Å²) in [5, 5.41) is 0. The number of carbonyl (C=O) groups excluding carboxylic acids is 3. The molecule has 0 spiro atoms. The number of nitrogens with zero attached hydrogens (tertiary/aromatic N) is 2. The average molecular weight is 358 g/mol. The van der Waals surface area contributed by atoms with Crippen molar-refractivity contribution in [1.29, 1.82) is 0 Å². The van der Waals surface area contributed by atoms with Crippen molar-refractivity contribution in [3.05, 3.63) is 23.8 Å². The molecule has 0 bridgehead atoms. The largest absolute Gasteiger partial charge is 0.482 e. The van der Waals surface area contributed by atoms with Crippen LogP contribution in [0.25, 0.3) is 0 Å². The van der Waals surface area contributed by atoms with Gasteiger partial charge in [0.2, 0.25) is 5.91 Å². The molecule has 2 aliphatic heterocycles. The third-order valence-corrected chi connectivity index (χ3v) is 5.37. The van der Waals surface area contributed by atoms with Gasteiger partial charge < -0.3 is 9.64 Å². The number of benzene rings is 1. The molecule has 0 aromatic heterocycles. The van der Waals surface area contributed by atoms with E-state index in [-0.39, 0.29) is 30.2 Å². The van der Waals surface area contributed by atoms with Crippen LogP contribution in [0.15, 0.2) is 18.2 Å². The molecule has 2 atom stereocenters. The van der Waals surface area contributed by atoms with Crippen molar-refractivity contribution in [2.75, 3.05) is 18.1 Å². The minimum absolute atomic E-state index is 0.0361. The third kappa shape index (κ3) is 3.32. The van der Waals surface area contributed by atoms with E-state index in [1.807, 2.05) is 4.90 Å². The van der Waals surface area contributed by atoms with Crippen molar-refractivity contribution in [3.63, 3.8) is 0 Å². The molecule has 2 unspecified atom stereocenters. The lowest BCUT2D eigenvalue weighted by molar-refractivity contribution is -0.138. The van der Waals surface area contributed by atoms with Gasteiger partial charge in [-0.25, -0.2) is 0 Å². The van der Waals surface area contributed by atoms with Crippen LogP contribution < -0.4 is 9.64 Å². The van der Waals surface area contributed by atoms with Gasteiger partial charge in [0, 0.05) is 18.2 Å². The first kappa shape index (κ1) is 18.4. The molecule has 0 N–H and O–H groups in total. The zero-order valence-corrected chi connectivity index (χ0v) is 15.7. The number of hydrogen-bond donors (Lipinski definition) is 0. The summed E-state index contributed by atoms with van der Waals surface area (Å²) in [5.74, 6) is 0.141. The number of hydrogen-bond acceptors (Lipinski definition) is 4. The van der Waals surface area contributed by atoms with Crippen LogP contribution in [0, 0.1) is 0 Å². The first-order valence-corrected chi connectivity index (χ1v) is 9.34. The van der Waals surface area contributed by atoms with Gasteiger partial charge in [-0.1, -0.05) is 6.92 Å². The van der Waals surface area contributed by atoms with Gasteiger partial charge >= 0.3 is 0 Å². The van der Waals surface area contributed by atoms with Crippen LogP contribution in [0.2, 0.25) is 0 Å². The standard InChI is InChI=1S/C20H26N2O4/c1-4-16-7-5-6-10-21(16)20(25)13(2)22-17-11-15(14(3)23)8-9-18(17)26-12-19(22)24/h8-9,11,13,16H,4-7,10,12H2,1-3H3.